The predicted octanol–water partition coefficient (Wildman–Crippen LogP) is 3.07. The lowest BCUT2D eigenvalue weighted by atomic mass is 10.1. The minimum absolute atomic E-state index is 0.0632. The van der Waals surface area contributed by atoms with Crippen molar-refractivity contribution in [2.24, 2.45) is 0 Å². The SMILES string of the molecule is CCCOc1ccc(C(Cl)CN(CC)CCO)cc1. The van der Waals surface area contributed by atoms with E-state index < -0.39 is 0 Å². The average Bonchev–Trinajstić information content (AvgIpc) is 2.45. The Bertz CT molecular complexity index is 343. The van der Waals surface area contributed by atoms with Crippen LogP contribution in [0.15, 0.2) is 24.3 Å². The van der Waals surface area contributed by atoms with Gasteiger partial charge in [0.1, 0.15) is 5.75 Å². The lowest BCUT2D eigenvalue weighted by Crippen LogP contribution is -2.29. The molecule has 1 aromatic carbocycles. The summed E-state index contributed by atoms with van der Waals surface area (Å²) in [4.78, 5) is 2.14. The summed E-state index contributed by atoms with van der Waals surface area (Å²) in [5.41, 5.74) is 1.09. The van der Waals surface area contributed by atoms with Gasteiger partial charge in [-0.15, -0.1) is 11.6 Å². The molecular weight excluding hydrogens is 262 g/mol. The van der Waals surface area contributed by atoms with Crippen LogP contribution in [-0.2, 0) is 0 Å². The zero-order valence-corrected chi connectivity index (χ0v) is 12.6. The van der Waals surface area contributed by atoms with E-state index in [4.69, 9.17) is 21.4 Å². The number of hydrogen-bond donors (Lipinski definition) is 1. The molecule has 0 aliphatic rings. The van der Waals surface area contributed by atoms with Crippen molar-refractivity contribution in [2.75, 3.05) is 32.8 Å². The van der Waals surface area contributed by atoms with Crippen molar-refractivity contribution in [1.82, 2.24) is 4.90 Å². The Morgan fingerprint density at radius 3 is 2.47 bits per heavy atom. The number of ether oxygens (including phenoxy) is 1. The first-order valence-corrected chi connectivity index (χ1v) is 7.34. The van der Waals surface area contributed by atoms with E-state index >= 15 is 0 Å². The molecule has 0 aliphatic heterocycles. The molecule has 0 radical (unpaired) electrons. The van der Waals surface area contributed by atoms with Gasteiger partial charge in [0.25, 0.3) is 0 Å². The maximum Gasteiger partial charge on any atom is 0.119 e. The van der Waals surface area contributed by atoms with Gasteiger partial charge in [-0.05, 0) is 30.7 Å². The molecule has 0 aliphatic carbocycles. The van der Waals surface area contributed by atoms with Crippen molar-refractivity contribution in [1.29, 1.82) is 0 Å². The lowest BCUT2D eigenvalue weighted by Gasteiger charge is -2.22. The Morgan fingerprint density at radius 2 is 1.95 bits per heavy atom. The first-order chi connectivity index (χ1) is 9.21. The Hall–Kier alpha value is -0.770. The van der Waals surface area contributed by atoms with Gasteiger partial charge in [-0.1, -0.05) is 26.0 Å². The van der Waals surface area contributed by atoms with Gasteiger partial charge in [0, 0.05) is 13.1 Å². The van der Waals surface area contributed by atoms with E-state index in [2.05, 4.69) is 18.7 Å². The molecule has 0 aromatic heterocycles. The molecule has 3 nitrogen and oxygen atoms in total. The van der Waals surface area contributed by atoms with Crippen LogP contribution in [0.1, 0.15) is 31.2 Å². The van der Waals surface area contributed by atoms with Crippen molar-refractivity contribution in [3.63, 3.8) is 0 Å². The number of benzene rings is 1. The Morgan fingerprint density at radius 1 is 1.26 bits per heavy atom. The van der Waals surface area contributed by atoms with Crippen LogP contribution in [0.4, 0.5) is 0 Å². The van der Waals surface area contributed by atoms with E-state index in [1.165, 1.54) is 0 Å². The molecule has 0 amide bonds. The van der Waals surface area contributed by atoms with Gasteiger partial charge in [0.05, 0.1) is 18.6 Å². The van der Waals surface area contributed by atoms with Gasteiger partial charge in [-0.25, -0.2) is 0 Å². The second-order valence-electron chi connectivity index (χ2n) is 4.50. The van der Waals surface area contributed by atoms with E-state index in [1.54, 1.807) is 0 Å². The smallest absolute Gasteiger partial charge is 0.119 e. The molecule has 19 heavy (non-hydrogen) atoms. The lowest BCUT2D eigenvalue weighted by molar-refractivity contribution is 0.202. The summed E-state index contributed by atoms with van der Waals surface area (Å²) < 4.78 is 5.54. The number of nitrogens with zero attached hydrogens (tertiary/aromatic N) is 1. The van der Waals surface area contributed by atoms with Crippen LogP contribution in [0.25, 0.3) is 0 Å². The molecule has 1 unspecified atom stereocenters. The van der Waals surface area contributed by atoms with Gasteiger partial charge < -0.3 is 9.84 Å². The fraction of sp³-hybridized carbons (Fsp3) is 0.600. The molecule has 108 valence electrons. The molecule has 1 atom stereocenters. The van der Waals surface area contributed by atoms with Crippen molar-refractivity contribution < 1.29 is 9.84 Å². The standard InChI is InChI=1S/C15H24ClNO2/c1-3-11-19-14-7-5-13(6-8-14)15(16)12-17(4-2)9-10-18/h5-8,15,18H,3-4,9-12H2,1-2H3. The van der Waals surface area contributed by atoms with Crippen molar-refractivity contribution >= 4 is 11.6 Å². The summed E-state index contributed by atoms with van der Waals surface area (Å²) in [6.07, 6.45) is 1.01. The molecule has 0 fully saturated rings. The summed E-state index contributed by atoms with van der Waals surface area (Å²) in [5, 5.41) is 8.91. The zero-order chi connectivity index (χ0) is 14.1. The number of aliphatic hydroxyl groups excluding tert-OH is 1. The number of rotatable bonds is 9. The first-order valence-electron chi connectivity index (χ1n) is 6.91. The molecule has 1 rings (SSSR count). The van der Waals surface area contributed by atoms with Gasteiger partial charge in [-0.3, -0.25) is 4.90 Å². The molecule has 0 heterocycles. The van der Waals surface area contributed by atoms with Gasteiger partial charge in [-0.2, -0.15) is 0 Å². The molecule has 0 saturated heterocycles. The zero-order valence-electron chi connectivity index (χ0n) is 11.8. The molecule has 0 saturated carbocycles. The monoisotopic (exact) mass is 285 g/mol. The highest BCUT2D eigenvalue weighted by Gasteiger charge is 2.12. The van der Waals surface area contributed by atoms with E-state index in [1.807, 2.05) is 24.3 Å². The quantitative estimate of drug-likeness (QED) is 0.708. The molecular formula is C15H24ClNO2. The Balaban J connectivity index is 2.54. The normalized spacial score (nSPS) is 12.7. The third kappa shape index (κ3) is 5.81. The van der Waals surface area contributed by atoms with E-state index in [0.717, 1.165) is 37.4 Å². The van der Waals surface area contributed by atoms with E-state index in [9.17, 15) is 0 Å². The van der Waals surface area contributed by atoms with Gasteiger partial charge >= 0.3 is 0 Å². The highest BCUT2D eigenvalue weighted by Crippen LogP contribution is 2.24. The number of halogens is 1. The van der Waals surface area contributed by atoms with Gasteiger partial charge in [0.2, 0.25) is 0 Å². The number of likely N-dealkylation sites (N-methyl/N-ethyl adjacent to an activating group) is 1. The molecule has 4 heteroatoms. The van der Waals surface area contributed by atoms with Gasteiger partial charge in [0.15, 0.2) is 0 Å². The Kier molecular flexibility index (Phi) is 7.87. The molecule has 1 N–H and O–H groups in total. The van der Waals surface area contributed by atoms with Crippen LogP contribution < -0.4 is 4.74 Å². The van der Waals surface area contributed by atoms with E-state index in [-0.39, 0.29) is 12.0 Å². The van der Waals surface area contributed by atoms with Crippen LogP contribution in [0.3, 0.4) is 0 Å². The summed E-state index contributed by atoms with van der Waals surface area (Å²) in [5.74, 6) is 0.886. The topological polar surface area (TPSA) is 32.7 Å². The number of hydrogen-bond acceptors (Lipinski definition) is 3. The minimum atomic E-state index is -0.0632. The van der Waals surface area contributed by atoms with Crippen molar-refractivity contribution in [2.45, 2.75) is 25.6 Å². The highest BCUT2D eigenvalue weighted by molar-refractivity contribution is 6.21. The number of alkyl halides is 1. The second-order valence-corrected chi connectivity index (χ2v) is 5.03. The average molecular weight is 286 g/mol. The van der Waals surface area contributed by atoms with E-state index in [0.29, 0.717) is 6.54 Å². The largest absolute Gasteiger partial charge is 0.494 e. The maximum absolute atomic E-state index is 8.97. The van der Waals surface area contributed by atoms with Crippen LogP contribution in [0.5, 0.6) is 5.75 Å². The van der Waals surface area contributed by atoms with Crippen LogP contribution in [-0.4, -0.2) is 42.9 Å². The van der Waals surface area contributed by atoms with Crippen molar-refractivity contribution in [3.8, 4) is 5.75 Å². The minimum Gasteiger partial charge on any atom is -0.494 e. The molecule has 1 aromatic rings. The summed E-state index contributed by atoms with van der Waals surface area (Å²) in [6.45, 7) is 7.36. The third-order valence-electron chi connectivity index (χ3n) is 3.00. The second kappa shape index (κ2) is 9.18. The summed E-state index contributed by atoms with van der Waals surface area (Å²) >= 11 is 6.41. The summed E-state index contributed by atoms with van der Waals surface area (Å²) in [7, 11) is 0. The fourth-order valence-corrected chi connectivity index (χ4v) is 2.19. The predicted molar refractivity (Wildman–Crippen MR) is 80.0 cm³/mol. The molecule has 0 bridgehead atoms. The summed E-state index contributed by atoms with van der Waals surface area (Å²) in [6, 6.07) is 7.94. The maximum atomic E-state index is 8.97. The van der Waals surface area contributed by atoms with Crippen LogP contribution in [0.2, 0.25) is 0 Å². The Labute approximate surface area is 121 Å². The molecule has 0 spiro atoms. The third-order valence-corrected chi connectivity index (χ3v) is 3.39. The van der Waals surface area contributed by atoms with Crippen LogP contribution in [0, 0.1) is 0 Å². The van der Waals surface area contributed by atoms with Crippen LogP contribution >= 0.6 is 11.6 Å². The van der Waals surface area contributed by atoms with Crippen molar-refractivity contribution in [3.05, 3.63) is 29.8 Å². The number of aliphatic hydroxyl groups is 1. The first kappa shape index (κ1) is 16.3. The highest BCUT2D eigenvalue weighted by atomic mass is 35.5. The fourth-order valence-electron chi connectivity index (χ4n) is 1.84.